The summed E-state index contributed by atoms with van der Waals surface area (Å²) in [5, 5.41) is 8.52. The molecule has 0 aromatic heterocycles. The Labute approximate surface area is 41.5 Å². The van der Waals surface area contributed by atoms with Crippen molar-refractivity contribution in [2.75, 3.05) is 0 Å². The Balaban J connectivity index is 2.82. The van der Waals surface area contributed by atoms with Crippen molar-refractivity contribution in [3.05, 3.63) is 24.4 Å². The van der Waals surface area contributed by atoms with E-state index >= 15 is 0 Å². The van der Waals surface area contributed by atoms with Crippen LogP contribution in [-0.4, -0.2) is 11.0 Å². The summed E-state index contributed by atoms with van der Waals surface area (Å²) in [6.07, 6.45) is 6.54. The van der Waals surface area contributed by atoms with E-state index in [1.165, 1.54) is 12.3 Å². The number of nitrogens with zero attached hydrogens (tertiary/aromatic N) is 1. The third-order valence-electron chi connectivity index (χ3n) is 0.649. The van der Waals surface area contributed by atoms with Crippen molar-refractivity contribution in [1.29, 1.82) is 0 Å². The normalized spacial score (nSPS) is 16.9. The van der Waals surface area contributed by atoms with Crippen LogP contribution in [0, 0.1) is 0 Å². The summed E-state index contributed by atoms with van der Waals surface area (Å²) in [7, 11) is 0. The fourth-order valence-corrected chi connectivity index (χ4v) is 0.354. The topological polar surface area (TPSA) is 34.3 Å². The molecule has 7 heavy (non-hydrogen) atoms. The van der Waals surface area contributed by atoms with Crippen LogP contribution in [0.1, 0.15) is 0 Å². The van der Waals surface area contributed by atoms with Gasteiger partial charge in [-0.25, -0.2) is 0 Å². The Hall–Kier alpha value is -1.05. The van der Waals surface area contributed by atoms with Gasteiger partial charge in [0.1, 0.15) is 4.99 Å². The molecule has 0 unspecified atom stereocenters. The first-order chi connectivity index (χ1) is 3.39. The maximum absolute atomic E-state index is 8.52. The second-order valence-electron chi connectivity index (χ2n) is 1.19. The fourth-order valence-electron chi connectivity index (χ4n) is 0.354. The molecule has 0 atom stereocenters. The van der Waals surface area contributed by atoms with Crippen molar-refractivity contribution in [2.45, 2.75) is 0 Å². The molecule has 1 aliphatic rings. The maximum Gasteiger partial charge on any atom is 0.432 e. The molecule has 0 fully saturated rings. The molecule has 2 heteroatoms. The SMILES string of the molecule is OC1=[N+]C=CC=C1. The number of allylic oxidation sites excluding steroid dienone is 2. The minimum Gasteiger partial charge on any atom is -0.455 e. The molecule has 0 bridgehead atoms. The molecule has 1 N–H and O–H groups in total. The Morgan fingerprint density at radius 2 is 2.29 bits per heavy atom. The second-order valence-corrected chi connectivity index (χ2v) is 1.19. The highest BCUT2D eigenvalue weighted by atomic mass is 16.3. The average Bonchev–Trinajstić information content (AvgIpc) is 1.69. The minimum atomic E-state index is 0.0718. The third-order valence-corrected chi connectivity index (χ3v) is 0.649. The lowest BCUT2D eigenvalue weighted by molar-refractivity contribution is 0.552. The quantitative estimate of drug-likeness (QED) is 0.463. The maximum atomic E-state index is 8.52. The second kappa shape index (κ2) is 1.60. The first-order valence-corrected chi connectivity index (χ1v) is 1.99. The number of aliphatic hydroxyl groups is 1. The van der Waals surface area contributed by atoms with E-state index in [0.717, 1.165) is 0 Å². The van der Waals surface area contributed by atoms with Gasteiger partial charge in [-0.1, -0.05) is 0 Å². The monoisotopic (exact) mass is 95.0 g/mol. The molecule has 0 spiro atoms. The number of hydrogen-bond donors (Lipinski definition) is 1. The molecule has 1 radical (unpaired) electrons. The van der Waals surface area contributed by atoms with Crippen molar-refractivity contribution in [3.8, 4) is 0 Å². The van der Waals surface area contributed by atoms with Gasteiger partial charge in [0.2, 0.25) is 6.20 Å². The fraction of sp³-hybridized carbons (Fsp3) is 0. The Morgan fingerprint density at radius 1 is 1.43 bits per heavy atom. The van der Waals surface area contributed by atoms with Crippen LogP contribution < -0.4 is 4.99 Å². The predicted octanol–water partition coefficient (Wildman–Crippen LogP) is 0.362. The van der Waals surface area contributed by atoms with Crippen molar-refractivity contribution < 1.29 is 5.11 Å². The highest BCUT2D eigenvalue weighted by molar-refractivity contribution is 5.86. The Kier molecular flexibility index (Phi) is 0.941. The van der Waals surface area contributed by atoms with E-state index in [-0.39, 0.29) is 5.90 Å². The summed E-state index contributed by atoms with van der Waals surface area (Å²) < 4.78 is 0. The molecule has 0 saturated carbocycles. The molecule has 1 rings (SSSR count). The summed E-state index contributed by atoms with van der Waals surface area (Å²) >= 11 is 0. The lowest BCUT2D eigenvalue weighted by atomic mass is 10.4. The number of rotatable bonds is 0. The summed E-state index contributed by atoms with van der Waals surface area (Å²) in [6.45, 7) is 0. The molecule has 0 saturated heterocycles. The van der Waals surface area contributed by atoms with Gasteiger partial charge in [-0.2, -0.15) is 0 Å². The summed E-state index contributed by atoms with van der Waals surface area (Å²) in [6, 6.07) is 0. The molecular weight excluding hydrogens is 90.1 g/mol. The molecule has 35 valence electrons. The first-order valence-electron chi connectivity index (χ1n) is 1.99. The van der Waals surface area contributed by atoms with E-state index in [1.807, 2.05) is 0 Å². The van der Waals surface area contributed by atoms with Gasteiger partial charge in [0, 0.05) is 6.08 Å². The molecule has 1 aliphatic heterocycles. The summed E-state index contributed by atoms with van der Waals surface area (Å²) in [4.78, 5) is 3.53. The largest absolute Gasteiger partial charge is 0.455 e. The highest BCUT2D eigenvalue weighted by Crippen LogP contribution is 1.80. The predicted molar refractivity (Wildman–Crippen MR) is 28.0 cm³/mol. The minimum absolute atomic E-state index is 0.0718. The van der Waals surface area contributed by atoms with Crippen LogP contribution in [-0.2, 0) is 0 Å². The van der Waals surface area contributed by atoms with E-state index in [1.54, 1.807) is 12.2 Å². The van der Waals surface area contributed by atoms with Crippen molar-refractivity contribution >= 4 is 5.90 Å². The van der Waals surface area contributed by atoms with Gasteiger partial charge in [-0.05, 0) is 6.08 Å². The van der Waals surface area contributed by atoms with Crippen LogP contribution in [0.5, 0.6) is 0 Å². The van der Waals surface area contributed by atoms with E-state index in [0.29, 0.717) is 0 Å². The van der Waals surface area contributed by atoms with Crippen LogP contribution in [0.25, 0.3) is 0 Å². The van der Waals surface area contributed by atoms with E-state index in [9.17, 15) is 0 Å². The third kappa shape index (κ3) is 0.892. The van der Waals surface area contributed by atoms with Gasteiger partial charge in [-0.3, -0.25) is 0 Å². The standard InChI is InChI=1S/C5H5NO/c7-5-3-1-2-4-6-5/h1-4,7H/q+1. The van der Waals surface area contributed by atoms with E-state index < -0.39 is 0 Å². The zero-order valence-corrected chi connectivity index (χ0v) is 3.70. The number of aliphatic hydroxyl groups excluding tert-OH is 1. The van der Waals surface area contributed by atoms with Crippen LogP contribution in [0.4, 0.5) is 0 Å². The van der Waals surface area contributed by atoms with Gasteiger partial charge in [0.05, 0.1) is 6.08 Å². The zero-order chi connectivity index (χ0) is 5.11. The Bertz CT molecular complexity index is 144. The van der Waals surface area contributed by atoms with Crippen LogP contribution in [0.2, 0.25) is 0 Å². The van der Waals surface area contributed by atoms with Gasteiger partial charge >= 0.3 is 5.90 Å². The number of aliphatic imine (C=N–C) groups is 1. The van der Waals surface area contributed by atoms with Crippen LogP contribution >= 0.6 is 0 Å². The summed E-state index contributed by atoms with van der Waals surface area (Å²) in [5.41, 5.74) is 0. The van der Waals surface area contributed by atoms with Crippen LogP contribution in [0.15, 0.2) is 24.4 Å². The van der Waals surface area contributed by atoms with Crippen molar-refractivity contribution in [2.24, 2.45) is 0 Å². The van der Waals surface area contributed by atoms with Gasteiger partial charge in [-0.15, -0.1) is 0 Å². The van der Waals surface area contributed by atoms with E-state index in [2.05, 4.69) is 4.99 Å². The van der Waals surface area contributed by atoms with Crippen molar-refractivity contribution in [1.82, 2.24) is 4.99 Å². The van der Waals surface area contributed by atoms with Crippen LogP contribution in [0.3, 0.4) is 0 Å². The molecule has 0 aromatic rings. The van der Waals surface area contributed by atoms with Gasteiger partial charge in [0.15, 0.2) is 0 Å². The van der Waals surface area contributed by atoms with E-state index in [4.69, 9.17) is 5.11 Å². The van der Waals surface area contributed by atoms with Gasteiger partial charge in [0.25, 0.3) is 0 Å². The zero-order valence-electron chi connectivity index (χ0n) is 3.70. The molecule has 0 aliphatic carbocycles. The van der Waals surface area contributed by atoms with Gasteiger partial charge < -0.3 is 5.11 Å². The molecule has 0 amide bonds. The lowest BCUT2D eigenvalue weighted by Crippen LogP contribution is -1.99. The first kappa shape index (κ1) is 4.12. The highest BCUT2D eigenvalue weighted by Gasteiger charge is 1.99. The smallest absolute Gasteiger partial charge is 0.432 e. The molecular formula is C5H5NO+. The summed E-state index contributed by atoms with van der Waals surface area (Å²) in [5.74, 6) is 0.0718. The Morgan fingerprint density at radius 3 is 2.57 bits per heavy atom. The molecule has 0 aromatic carbocycles. The number of hydrogen-bond acceptors (Lipinski definition) is 1. The average molecular weight is 95.1 g/mol. The van der Waals surface area contributed by atoms with Crippen molar-refractivity contribution in [3.63, 3.8) is 0 Å². The lowest BCUT2D eigenvalue weighted by Gasteiger charge is -1.73. The molecule has 1 heterocycles. The molecule has 2 nitrogen and oxygen atoms in total.